The number of carbonyl (C=O) groups is 3. The lowest BCUT2D eigenvalue weighted by molar-refractivity contribution is -0.385. The third-order valence-corrected chi connectivity index (χ3v) is 8.86. The molecule has 2 aromatic rings. The van der Waals surface area contributed by atoms with Crippen molar-refractivity contribution in [2.75, 3.05) is 6.54 Å². The lowest BCUT2D eigenvalue weighted by Crippen LogP contribution is -2.39. The molecule has 0 bridgehead atoms. The summed E-state index contributed by atoms with van der Waals surface area (Å²) in [6.45, 7) is 0.131. The van der Waals surface area contributed by atoms with Crippen LogP contribution in [0.3, 0.4) is 0 Å². The number of alkyl halides is 3. The van der Waals surface area contributed by atoms with Crippen molar-refractivity contribution in [3.8, 4) is 11.5 Å². The maximum absolute atomic E-state index is 13.4. The number of nitrogens with zero attached hydrogens (tertiary/aromatic N) is 2. The fraction of sp³-hybridized carbons (Fsp3) is 0.345. The average molecular weight is 728 g/mol. The monoisotopic (exact) mass is 726 g/mol. The molecular formula is C29H23Br2F3N2O7. The molecule has 9 nitrogen and oxygen atoms in total. The predicted molar refractivity (Wildman–Crippen MR) is 153 cm³/mol. The number of nitro benzene ring substituents is 1. The van der Waals surface area contributed by atoms with Crippen LogP contribution < -0.4 is 4.74 Å². The molecule has 14 heteroatoms. The Kier molecular flexibility index (Phi) is 8.54. The molecule has 1 N–H and O–H groups in total. The molecule has 1 heterocycles. The second kappa shape index (κ2) is 11.9. The number of benzene rings is 2. The Morgan fingerprint density at radius 1 is 1.00 bits per heavy atom. The van der Waals surface area contributed by atoms with Crippen LogP contribution in [0, 0.1) is 10.1 Å². The standard InChI is InChI=1S/C29H23Br2F3N2O7/c30-16-11-14(12-17(31)28(16)43-23-8-7-15(29(32,33)34)13-20(23)36(41)42)25-26-18(3-1-5-21(26)37)35(10-9-24(39)40)19-4-2-6-22(38)27(19)25/h7-8,11-13,25H,1-6,9-10H2,(H,39,40). The number of hydrogen-bond acceptors (Lipinski definition) is 7. The number of aliphatic carboxylic acids is 1. The van der Waals surface area contributed by atoms with Gasteiger partial charge in [-0.25, -0.2) is 0 Å². The SMILES string of the molecule is O=C(O)CCN1C2=C(C(=O)CCC2)C(c2cc(Br)c(Oc3ccc(C(F)(F)F)cc3[N+](=O)[O-])c(Br)c2)C2=C1CCCC2=O. The zero-order valence-electron chi connectivity index (χ0n) is 22.3. The number of ether oxygens (including phenoxy) is 1. The highest BCUT2D eigenvalue weighted by Crippen LogP contribution is 2.51. The number of carboxylic acid groups (broad SMARTS) is 1. The van der Waals surface area contributed by atoms with Crippen molar-refractivity contribution in [1.82, 2.24) is 4.90 Å². The Balaban J connectivity index is 1.60. The van der Waals surface area contributed by atoms with Crippen molar-refractivity contribution >= 4 is 55.1 Å². The number of Topliss-reactive ketones (excluding diaryl/α,β-unsaturated/α-hetero) is 2. The van der Waals surface area contributed by atoms with Gasteiger partial charge < -0.3 is 14.7 Å². The molecular weight excluding hydrogens is 705 g/mol. The average Bonchev–Trinajstić information content (AvgIpc) is 2.92. The van der Waals surface area contributed by atoms with Crippen molar-refractivity contribution in [1.29, 1.82) is 0 Å². The maximum Gasteiger partial charge on any atom is 0.416 e. The summed E-state index contributed by atoms with van der Waals surface area (Å²) in [5.74, 6) is -2.37. The second-order valence-corrected chi connectivity index (χ2v) is 12.1. The van der Waals surface area contributed by atoms with Gasteiger partial charge in [0.1, 0.15) is 0 Å². The molecule has 2 aliphatic carbocycles. The molecule has 0 saturated heterocycles. The molecule has 3 aliphatic rings. The lowest BCUT2D eigenvalue weighted by atomic mass is 9.71. The van der Waals surface area contributed by atoms with Gasteiger partial charge in [0.15, 0.2) is 17.3 Å². The fourth-order valence-electron chi connectivity index (χ4n) is 5.90. The molecule has 0 spiro atoms. The van der Waals surface area contributed by atoms with E-state index in [9.17, 15) is 42.8 Å². The topological polar surface area (TPSA) is 127 Å². The Bertz CT molecular complexity index is 1570. The minimum atomic E-state index is -4.79. The first-order valence-electron chi connectivity index (χ1n) is 13.3. The quantitative estimate of drug-likeness (QED) is 0.226. The zero-order chi connectivity index (χ0) is 31.2. The molecule has 0 radical (unpaired) electrons. The molecule has 0 unspecified atom stereocenters. The minimum absolute atomic E-state index is 0.0406. The second-order valence-electron chi connectivity index (χ2n) is 10.4. The van der Waals surface area contributed by atoms with Crippen molar-refractivity contribution in [2.45, 2.75) is 57.0 Å². The molecule has 0 amide bonds. The Labute approximate surface area is 259 Å². The van der Waals surface area contributed by atoms with Crippen molar-refractivity contribution in [2.24, 2.45) is 0 Å². The lowest BCUT2D eigenvalue weighted by Gasteiger charge is -2.44. The molecule has 2 aromatic carbocycles. The predicted octanol–water partition coefficient (Wildman–Crippen LogP) is 7.82. The van der Waals surface area contributed by atoms with Crippen molar-refractivity contribution < 1.29 is 42.3 Å². The van der Waals surface area contributed by atoms with E-state index >= 15 is 0 Å². The number of ketones is 2. The first-order valence-corrected chi connectivity index (χ1v) is 14.9. The molecule has 0 saturated carbocycles. The number of nitro groups is 1. The first-order chi connectivity index (χ1) is 20.3. The van der Waals surface area contributed by atoms with Gasteiger partial charge in [0.05, 0.1) is 25.9 Å². The van der Waals surface area contributed by atoms with Crippen LogP contribution >= 0.6 is 31.9 Å². The van der Waals surface area contributed by atoms with Crippen LogP contribution in [0.2, 0.25) is 0 Å². The van der Waals surface area contributed by atoms with Crippen molar-refractivity contribution in [3.05, 3.63) is 83.1 Å². The van der Waals surface area contributed by atoms with E-state index in [1.165, 1.54) is 0 Å². The molecule has 5 rings (SSSR count). The maximum atomic E-state index is 13.4. The van der Waals surface area contributed by atoms with Gasteiger partial charge in [-0.2, -0.15) is 13.2 Å². The van der Waals surface area contributed by atoms with Crippen LogP contribution in [0.1, 0.15) is 62.0 Å². The van der Waals surface area contributed by atoms with Crippen LogP contribution in [0.15, 0.2) is 61.8 Å². The van der Waals surface area contributed by atoms with Gasteiger partial charge in [-0.05, 0) is 87.4 Å². The van der Waals surface area contributed by atoms with E-state index in [4.69, 9.17) is 4.74 Å². The zero-order valence-corrected chi connectivity index (χ0v) is 25.5. The highest BCUT2D eigenvalue weighted by atomic mass is 79.9. The third-order valence-electron chi connectivity index (χ3n) is 7.68. The first kappa shape index (κ1) is 30.9. The molecule has 226 valence electrons. The Morgan fingerprint density at radius 3 is 2.05 bits per heavy atom. The van der Waals surface area contributed by atoms with Gasteiger partial charge in [0, 0.05) is 53.9 Å². The van der Waals surface area contributed by atoms with Gasteiger partial charge in [-0.1, -0.05) is 0 Å². The Morgan fingerprint density at radius 2 is 1.56 bits per heavy atom. The van der Waals surface area contributed by atoms with E-state index in [0.29, 0.717) is 65.9 Å². The number of carboxylic acids is 1. The van der Waals surface area contributed by atoms with Gasteiger partial charge in [-0.15, -0.1) is 0 Å². The molecule has 43 heavy (non-hydrogen) atoms. The van der Waals surface area contributed by atoms with Gasteiger partial charge in [-0.3, -0.25) is 24.5 Å². The number of carbonyl (C=O) groups excluding carboxylic acids is 2. The summed E-state index contributed by atoms with van der Waals surface area (Å²) < 4.78 is 45.8. The normalized spacial score (nSPS) is 17.7. The van der Waals surface area contributed by atoms with Gasteiger partial charge in [0.2, 0.25) is 5.75 Å². The largest absolute Gasteiger partial charge is 0.481 e. The van der Waals surface area contributed by atoms with Gasteiger partial charge in [0.25, 0.3) is 0 Å². The third kappa shape index (κ3) is 5.99. The molecule has 0 fully saturated rings. The van der Waals surface area contributed by atoms with Crippen molar-refractivity contribution in [3.63, 3.8) is 0 Å². The summed E-state index contributed by atoms with van der Waals surface area (Å²) in [5.41, 5.74) is 0.783. The van der Waals surface area contributed by atoms with E-state index in [0.717, 1.165) is 6.07 Å². The van der Waals surface area contributed by atoms with E-state index in [-0.39, 0.29) is 52.1 Å². The van der Waals surface area contributed by atoms with Crippen LogP contribution in [0.25, 0.3) is 0 Å². The summed E-state index contributed by atoms with van der Waals surface area (Å²) in [7, 11) is 0. The molecule has 0 atom stereocenters. The highest BCUT2D eigenvalue weighted by Gasteiger charge is 2.43. The minimum Gasteiger partial charge on any atom is -0.481 e. The number of rotatable bonds is 7. The number of halogens is 5. The summed E-state index contributed by atoms with van der Waals surface area (Å²) in [6, 6.07) is 5.19. The highest BCUT2D eigenvalue weighted by molar-refractivity contribution is 9.11. The van der Waals surface area contributed by atoms with Crippen LogP contribution in [0.5, 0.6) is 11.5 Å². The Hall–Kier alpha value is -3.52. The van der Waals surface area contributed by atoms with Crippen LogP contribution in [0.4, 0.5) is 18.9 Å². The number of hydrogen-bond donors (Lipinski definition) is 1. The molecule has 0 aromatic heterocycles. The summed E-state index contributed by atoms with van der Waals surface area (Å²) in [4.78, 5) is 50.7. The van der Waals surface area contributed by atoms with E-state index < -0.39 is 40.0 Å². The fourth-order valence-corrected chi connectivity index (χ4v) is 7.29. The summed E-state index contributed by atoms with van der Waals surface area (Å²) >= 11 is 6.81. The van der Waals surface area contributed by atoms with E-state index in [1.54, 1.807) is 12.1 Å². The van der Waals surface area contributed by atoms with Gasteiger partial charge >= 0.3 is 17.8 Å². The summed E-state index contributed by atoms with van der Waals surface area (Å²) in [6.07, 6.45) is -2.12. The number of allylic oxidation sites excluding steroid dienone is 4. The van der Waals surface area contributed by atoms with E-state index in [2.05, 4.69) is 31.9 Å². The summed E-state index contributed by atoms with van der Waals surface area (Å²) in [5, 5.41) is 20.9. The smallest absolute Gasteiger partial charge is 0.416 e. The molecule has 1 aliphatic heterocycles. The van der Waals surface area contributed by atoms with Crippen LogP contribution in [-0.4, -0.2) is 39.0 Å². The van der Waals surface area contributed by atoms with Crippen LogP contribution in [-0.2, 0) is 20.6 Å². The van der Waals surface area contributed by atoms with E-state index in [1.807, 2.05) is 4.90 Å².